The number of anilines is 1. The van der Waals surface area contributed by atoms with E-state index in [0.717, 1.165) is 42.8 Å². The molecule has 1 saturated heterocycles. The van der Waals surface area contributed by atoms with Crippen LogP contribution in [0.5, 0.6) is 0 Å². The van der Waals surface area contributed by atoms with Crippen LogP contribution in [0.1, 0.15) is 37.6 Å². The van der Waals surface area contributed by atoms with Crippen molar-refractivity contribution in [2.75, 3.05) is 31.2 Å². The van der Waals surface area contributed by atoms with Crippen molar-refractivity contribution in [3.05, 3.63) is 68.7 Å². The number of ether oxygens (including phenoxy) is 1. The molecule has 1 atom stereocenters. The highest BCUT2D eigenvalue weighted by molar-refractivity contribution is 9.10. The van der Waals surface area contributed by atoms with Crippen molar-refractivity contribution < 1.29 is 4.74 Å². The summed E-state index contributed by atoms with van der Waals surface area (Å²) < 4.78 is 7.71. The summed E-state index contributed by atoms with van der Waals surface area (Å²) in [5.41, 5.74) is 2.64. The van der Waals surface area contributed by atoms with E-state index >= 15 is 0 Å². The van der Waals surface area contributed by atoms with Crippen LogP contribution in [0.4, 0.5) is 5.69 Å². The first kappa shape index (κ1) is 20.8. The third-order valence-electron chi connectivity index (χ3n) is 5.48. The molecule has 1 aromatic heterocycles. The van der Waals surface area contributed by atoms with Gasteiger partial charge in [-0.25, -0.2) is 4.98 Å². The van der Waals surface area contributed by atoms with E-state index in [-0.39, 0.29) is 11.5 Å². The molecule has 0 saturated carbocycles. The SMILES string of the molecule is CC[C@H](C)c1nc2ccc(Br)cc2c(=O)n1N=Cc1ccc(N2CCOCC2)cc1. The van der Waals surface area contributed by atoms with Crippen LogP contribution in [0, 0.1) is 0 Å². The molecule has 6 nitrogen and oxygen atoms in total. The van der Waals surface area contributed by atoms with Crippen LogP contribution in [-0.2, 0) is 4.74 Å². The Balaban J connectivity index is 1.69. The van der Waals surface area contributed by atoms with Gasteiger partial charge >= 0.3 is 0 Å². The number of aromatic nitrogens is 2. The third-order valence-corrected chi connectivity index (χ3v) is 5.97. The Morgan fingerprint density at radius 3 is 2.63 bits per heavy atom. The Hall–Kier alpha value is -2.51. The summed E-state index contributed by atoms with van der Waals surface area (Å²) in [6.45, 7) is 7.47. The predicted molar refractivity (Wildman–Crippen MR) is 125 cm³/mol. The maximum atomic E-state index is 13.2. The van der Waals surface area contributed by atoms with E-state index in [9.17, 15) is 4.79 Å². The molecule has 2 aromatic carbocycles. The summed E-state index contributed by atoms with van der Waals surface area (Å²) in [4.78, 5) is 20.2. The minimum atomic E-state index is -0.155. The van der Waals surface area contributed by atoms with E-state index in [2.05, 4.69) is 51.9 Å². The van der Waals surface area contributed by atoms with Crippen LogP contribution < -0.4 is 10.5 Å². The Morgan fingerprint density at radius 2 is 1.93 bits per heavy atom. The lowest BCUT2D eigenvalue weighted by atomic mass is 10.1. The molecule has 0 aliphatic carbocycles. The number of nitrogens with zero attached hydrogens (tertiary/aromatic N) is 4. The number of benzene rings is 2. The number of halogens is 1. The van der Waals surface area contributed by atoms with Gasteiger partial charge in [-0.1, -0.05) is 41.9 Å². The number of rotatable bonds is 5. The molecular formula is C23H25BrN4O2. The van der Waals surface area contributed by atoms with Gasteiger partial charge in [-0.2, -0.15) is 9.78 Å². The van der Waals surface area contributed by atoms with E-state index in [1.807, 2.05) is 24.3 Å². The zero-order valence-electron chi connectivity index (χ0n) is 17.2. The quantitative estimate of drug-likeness (QED) is 0.520. The zero-order valence-corrected chi connectivity index (χ0v) is 18.8. The molecule has 4 rings (SSSR count). The van der Waals surface area contributed by atoms with E-state index in [0.29, 0.717) is 16.7 Å². The third kappa shape index (κ3) is 4.32. The maximum absolute atomic E-state index is 13.2. The molecule has 1 aliphatic rings. The van der Waals surface area contributed by atoms with Crippen molar-refractivity contribution in [1.82, 2.24) is 9.66 Å². The van der Waals surface area contributed by atoms with E-state index in [4.69, 9.17) is 9.72 Å². The van der Waals surface area contributed by atoms with Crippen molar-refractivity contribution >= 4 is 38.7 Å². The molecule has 2 heterocycles. The molecule has 0 N–H and O–H groups in total. The highest BCUT2D eigenvalue weighted by atomic mass is 79.9. The Morgan fingerprint density at radius 1 is 1.20 bits per heavy atom. The lowest BCUT2D eigenvalue weighted by molar-refractivity contribution is 0.122. The minimum absolute atomic E-state index is 0.117. The number of hydrogen-bond acceptors (Lipinski definition) is 5. The van der Waals surface area contributed by atoms with Gasteiger partial charge in [-0.15, -0.1) is 0 Å². The Kier molecular flexibility index (Phi) is 6.29. The number of morpholine rings is 1. The Labute approximate surface area is 184 Å². The summed E-state index contributed by atoms with van der Waals surface area (Å²) in [6.07, 6.45) is 2.60. The number of hydrogen-bond donors (Lipinski definition) is 0. The van der Waals surface area contributed by atoms with Gasteiger partial charge in [0.25, 0.3) is 5.56 Å². The van der Waals surface area contributed by atoms with Crippen molar-refractivity contribution in [3.63, 3.8) is 0 Å². The maximum Gasteiger partial charge on any atom is 0.282 e. The van der Waals surface area contributed by atoms with Crippen LogP contribution in [0.2, 0.25) is 0 Å². The fraction of sp³-hybridized carbons (Fsp3) is 0.348. The fourth-order valence-corrected chi connectivity index (χ4v) is 3.86. The average Bonchev–Trinajstić information content (AvgIpc) is 2.79. The van der Waals surface area contributed by atoms with E-state index in [1.165, 1.54) is 10.4 Å². The fourth-order valence-electron chi connectivity index (χ4n) is 3.50. The number of fused-ring (bicyclic) bond motifs is 1. The topological polar surface area (TPSA) is 59.7 Å². The van der Waals surface area contributed by atoms with Gasteiger partial charge in [0, 0.05) is 29.2 Å². The molecule has 3 aromatic rings. The summed E-state index contributed by atoms with van der Waals surface area (Å²) in [5.74, 6) is 0.796. The van der Waals surface area contributed by atoms with Crippen LogP contribution in [0.3, 0.4) is 0 Å². The summed E-state index contributed by atoms with van der Waals surface area (Å²) in [7, 11) is 0. The van der Waals surface area contributed by atoms with Gasteiger partial charge in [-0.05, 0) is 42.3 Å². The second kappa shape index (κ2) is 9.10. The molecule has 156 valence electrons. The normalized spacial score (nSPS) is 15.8. The van der Waals surface area contributed by atoms with Gasteiger partial charge in [0.05, 0.1) is 30.3 Å². The molecule has 0 unspecified atom stereocenters. The first-order chi connectivity index (χ1) is 14.6. The van der Waals surface area contributed by atoms with Crippen molar-refractivity contribution in [2.24, 2.45) is 5.10 Å². The van der Waals surface area contributed by atoms with Crippen LogP contribution >= 0.6 is 15.9 Å². The average molecular weight is 469 g/mol. The Bertz CT molecular complexity index is 1120. The van der Waals surface area contributed by atoms with E-state index in [1.54, 1.807) is 12.3 Å². The summed E-state index contributed by atoms with van der Waals surface area (Å²) in [6, 6.07) is 13.8. The monoisotopic (exact) mass is 468 g/mol. The van der Waals surface area contributed by atoms with E-state index < -0.39 is 0 Å². The van der Waals surface area contributed by atoms with Crippen LogP contribution in [-0.4, -0.2) is 42.2 Å². The van der Waals surface area contributed by atoms with Gasteiger partial charge in [0.1, 0.15) is 5.82 Å². The smallest absolute Gasteiger partial charge is 0.282 e. The lowest BCUT2D eigenvalue weighted by Crippen LogP contribution is -2.36. The molecular weight excluding hydrogens is 444 g/mol. The largest absolute Gasteiger partial charge is 0.378 e. The minimum Gasteiger partial charge on any atom is -0.378 e. The highest BCUT2D eigenvalue weighted by Gasteiger charge is 2.16. The highest BCUT2D eigenvalue weighted by Crippen LogP contribution is 2.21. The molecule has 30 heavy (non-hydrogen) atoms. The van der Waals surface area contributed by atoms with Crippen molar-refractivity contribution in [1.29, 1.82) is 0 Å². The first-order valence-electron chi connectivity index (χ1n) is 10.3. The van der Waals surface area contributed by atoms with Crippen molar-refractivity contribution in [2.45, 2.75) is 26.2 Å². The summed E-state index contributed by atoms with van der Waals surface area (Å²) >= 11 is 3.44. The first-order valence-corrected chi connectivity index (χ1v) is 11.1. The van der Waals surface area contributed by atoms with Gasteiger partial charge in [0.2, 0.25) is 0 Å². The lowest BCUT2D eigenvalue weighted by Gasteiger charge is -2.28. The van der Waals surface area contributed by atoms with Gasteiger partial charge in [0.15, 0.2) is 0 Å². The molecule has 0 amide bonds. The summed E-state index contributed by atoms with van der Waals surface area (Å²) in [5, 5.41) is 5.09. The zero-order chi connectivity index (χ0) is 21.1. The molecule has 0 spiro atoms. The van der Waals surface area contributed by atoms with Gasteiger partial charge in [-0.3, -0.25) is 4.79 Å². The van der Waals surface area contributed by atoms with Crippen LogP contribution in [0.25, 0.3) is 10.9 Å². The van der Waals surface area contributed by atoms with Crippen molar-refractivity contribution in [3.8, 4) is 0 Å². The molecule has 1 aliphatic heterocycles. The molecule has 1 fully saturated rings. The van der Waals surface area contributed by atoms with Crippen LogP contribution in [0.15, 0.2) is 56.8 Å². The predicted octanol–water partition coefficient (Wildman–Crippen LogP) is 4.39. The molecule has 0 radical (unpaired) electrons. The second-order valence-corrected chi connectivity index (χ2v) is 8.41. The molecule has 7 heteroatoms. The standard InChI is InChI=1S/C23H25BrN4O2/c1-3-16(2)22-26-21-9-6-18(24)14-20(21)23(29)28(22)25-15-17-4-7-19(8-5-17)27-10-12-30-13-11-27/h4-9,14-16H,3,10-13H2,1-2H3/t16-/m0/s1. The van der Waals surface area contributed by atoms with Gasteiger partial charge < -0.3 is 9.64 Å². The second-order valence-electron chi connectivity index (χ2n) is 7.49. The molecule has 0 bridgehead atoms.